The maximum Gasteiger partial charge on any atom is 0.210 e. The first-order valence-electron chi connectivity index (χ1n) is 10.2. The molecule has 0 unspecified atom stereocenters. The van der Waals surface area contributed by atoms with Gasteiger partial charge in [0.2, 0.25) is 9.84 Å². The highest BCUT2D eigenvalue weighted by molar-refractivity contribution is 7.91. The van der Waals surface area contributed by atoms with E-state index in [0.717, 1.165) is 5.56 Å². The number of fused-ring (bicyclic) bond motifs is 1. The Hall–Kier alpha value is -3.78. The Labute approximate surface area is 192 Å². The van der Waals surface area contributed by atoms with Crippen LogP contribution in [0.1, 0.15) is 5.56 Å². The zero-order valence-electron chi connectivity index (χ0n) is 18.5. The average Bonchev–Trinajstić information content (AvgIpc) is 2.86. The van der Waals surface area contributed by atoms with Crippen molar-refractivity contribution >= 4 is 26.4 Å². The van der Waals surface area contributed by atoms with Crippen LogP contribution in [0.5, 0.6) is 17.2 Å². The number of sulfone groups is 1. The van der Waals surface area contributed by atoms with Gasteiger partial charge >= 0.3 is 0 Å². The molecule has 0 spiro atoms. The quantitative estimate of drug-likeness (QED) is 0.404. The van der Waals surface area contributed by atoms with Crippen molar-refractivity contribution in [3.8, 4) is 17.2 Å². The van der Waals surface area contributed by atoms with Gasteiger partial charge in [0.25, 0.3) is 0 Å². The van der Waals surface area contributed by atoms with E-state index in [2.05, 4.69) is 10.3 Å². The first-order valence-corrected chi connectivity index (χ1v) is 11.7. The van der Waals surface area contributed by atoms with Crippen molar-refractivity contribution in [3.63, 3.8) is 0 Å². The Morgan fingerprint density at radius 3 is 2.15 bits per heavy atom. The lowest BCUT2D eigenvalue weighted by Crippen LogP contribution is -2.10. The van der Waals surface area contributed by atoms with Crippen molar-refractivity contribution in [1.82, 2.24) is 4.98 Å². The molecule has 1 heterocycles. The summed E-state index contributed by atoms with van der Waals surface area (Å²) in [4.78, 5) is 4.65. The van der Waals surface area contributed by atoms with E-state index in [4.69, 9.17) is 14.2 Å². The summed E-state index contributed by atoms with van der Waals surface area (Å²) in [6.45, 7) is 0.430. The van der Waals surface area contributed by atoms with Crippen LogP contribution in [-0.4, -0.2) is 34.7 Å². The summed E-state index contributed by atoms with van der Waals surface area (Å²) < 4.78 is 43.2. The number of nitrogens with zero attached hydrogens (tertiary/aromatic N) is 1. The Morgan fingerprint density at radius 1 is 0.848 bits per heavy atom. The fourth-order valence-electron chi connectivity index (χ4n) is 3.56. The number of aromatic nitrogens is 1. The van der Waals surface area contributed by atoms with E-state index in [1.54, 1.807) is 31.4 Å². The van der Waals surface area contributed by atoms with Gasteiger partial charge in [-0.1, -0.05) is 30.3 Å². The monoisotopic (exact) mass is 464 g/mol. The number of pyridine rings is 1. The van der Waals surface area contributed by atoms with Crippen molar-refractivity contribution in [2.45, 2.75) is 16.3 Å². The molecule has 0 atom stereocenters. The minimum absolute atomic E-state index is 0.0725. The van der Waals surface area contributed by atoms with Crippen molar-refractivity contribution in [2.24, 2.45) is 0 Å². The number of anilines is 1. The standard InChI is InChI=1S/C25H24N2O5S/c1-30-18-9-11-19(12-10-18)33(28,29)24-16-26-21-14-23(32-3)22(31-2)13-20(21)25(24)27-15-17-7-5-4-6-8-17/h4-14,16H,15H2,1-3H3,(H,26,27). The van der Waals surface area contributed by atoms with Crippen LogP contribution in [-0.2, 0) is 16.4 Å². The Balaban J connectivity index is 1.90. The number of hydrogen-bond donors (Lipinski definition) is 1. The van der Waals surface area contributed by atoms with Gasteiger partial charge in [0, 0.05) is 24.2 Å². The molecule has 0 radical (unpaired) electrons. The molecule has 0 aliphatic carbocycles. The lowest BCUT2D eigenvalue weighted by molar-refractivity contribution is 0.356. The van der Waals surface area contributed by atoms with Crippen molar-refractivity contribution in [1.29, 1.82) is 0 Å². The van der Waals surface area contributed by atoms with Crippen LogP contribution in [0, 0.1) is 0 Å². The van der Waals surface area contributed by atoms with Crippen LogP contribution in [0.25, 0.3) is 10.9 Å². The first-order chi connectivity index (χ1) is 16.0. The molecule has 1 aromatic heterocycles. The molecule has 0 aliphatic rings. The number of ether oxygens (including phenoxy) is 3. The van der Waals surface area contributed by atoms with Gasteiger partial charge < -0.3 is 19.5 Å². The second kappa shape index (κ2) is 9.38. The van der Waals surface area contributed by atoms with Crippen molar-refractivity contribution in [2.75, 3.05) is 26.6 Å². The van der Waals surface area contributed by atoms with E-state index in [-0.39, 0.29) is 9.79 Å². The minimum Gasteiger partial charge on any atom is -0.497 e. The lowest BCUT2D eigenvalue weighted by Gasteiger charge is -2.17. The Kier molecular flexibility index (Phi) is 6.37. The second-order valence-electron chi connectivity index (χ2n) is 7.24. The van der Waals surface area contributed by atoms with Crippen LogP contribution < -0.4 is 19.5 Å². The van der Waals surface area contributed by atoms with Crippen LogP contribution in [0.2, 0.25) is 0 Å². The topological polar surface area (TPSA) is 86.8 Å². The van der Waals surface area contributed by atoms with Gasteiger partial charge in [0.05, 0.1) is 37.4 Å². The highest BCUT2D eigenvalue weighted by Crippen LogP contribution is 2.39. The number of benzene rings is 3. The van der Waals surface area contributed by atoms with Gasteiger partial charge in [0.1, 0.15) is 10.6 Å². The highest BCUT2D eigenvalue weighted by Gasteiger charge is 2.25. The van der Waals surface area contributed by atoms with Crippen LogP contribution in [0.15, 0.2) is 82.7 Å². The summed E-state index contributed by atoms with van der Waals surface area (Å²) in [6.07, 6.45) is 1.38. The van der Waals surface area contributed by atoms with E-state index in [1.807, 2.05) is 30.3 Å². The molecule has 0 saturated carbocycles. The van der Waals surface area contributed by atoms with Crippen LogP contribution in [0.3, 0.4) is 0 Å². The van der Waals surface area contributed by atoms with E-state index in [1.165, 1.54) is 32.5 Å². The van der Waals surface area contributed by atoms with Gasteiger partial charge in [-0.3, -0.25) is 4.98 Å². The molecule has 4 aromatic rings. The van der Waals surface area contributed by atoms with E-state index >= 15 is 0 Å². The Bertz CT molecular complexity index is 1370. The molecule has 33 heavy (non-hydrogen) atoms. The second-order valence-corrected chi connectivity index (χ2v) is 9.16. The molecule has 1 N–H and O–H groups in total. The van der Waals surface area contributed by atoms with Crippen molar-refractivity contribution in [3.05, 3.63) is 78.5 Å². The third-order valence-electron chi connectivity index (χ3n) is 5.31. The number of nitrogens with one attached hydrogen (secondary N) is 1. The smallest absolute Gasteiger partial charge is 0.210 e. The Morgan fingerprint density at radius 2 is 1.52 bits per heavy atom. The fourth-order valence-corrected chi connectivity index (χ4v) is 4.95. The third kappa shape index (κ3) is 4.42. The summed E-state index contributed by atoms with van der Waals surface area (Å²) in [5.41, 5.74) is 2.04. The molecule has 4 rings (SSSR count). The normalized spacial score (nSPS) is 11.2. The largest absolute Gasteiger partial charge is 0.497 e. The molecule has 3 aromatic carbocycles. The zero-order chi connectivity index (χ0) is 23.4. The summed E-state index contributed by atoms with van der Waals surface area (Å²) in [7, 11) is 0.730. The average molecular weight is 465 g/mol. The molecule has 0 fully saturated rings. The van der Waals surface area contributed by atoms with Gasteiger partial charge in [-0.2, -0.15) is 0 Å². The fraction of sp³-hybridized carbons (Fsp3) is 0.160. The van der Waals surface area contributed by atoms with Gasteiger partial charge in [-0.05, 0) is 35.9 Å². The molecule has 7 nitrogen and oxygen atoms in total. The SMILES string of the molecule is COc1ccc(S(=O)(=O)c2cnc3cc(OC)c(OC)cc3c2NCc2ccccc2)cc1. The number of hydrogen-bond acceptors (Lipinski definition) is 7. The molecule has 0 aliphatic heterocycles. The van der Waals surface area contributed by atoms with Gasteiger partial charge in [-0.15, -0.1) is 0 Å². The molecular formula is C25H24N2O5S. The molecule has 170 valence electrons. The van der Waals surface area contributed by atoms with E-state index in [0.29, 0.717) is 40.4 Å². The zero-order valence-corrected chi connectivity index (χ0v) is 19.3. The lowest BCUT2D eigenvalue weighted by atomic mass is 10.1. The van der Waals surface area contributed by atoms with E-state index < -0.39 is 9.84 Å². The molecule has 0 amide bonds. The first kappa shape index (κ1) is 22.4. The summed E-state index contributed by atoms with van der Waals surface area (Å²) in [5, 5.41) is 3.93. The molecule has 8 heteroatoms. The maximum atomic E-state index is 13.6. The summed E-state index contributed by atoms with van der Waals surface area (Å²) >= 11 is 0. The number of methoxy groups -OCH3 is 3. The molecule has 0 saturated heterocycles. The predicted octanol–water partition coefficient (Wildman–Crippen LogP) is 4.71. The number of rotatable bonds is 8. The summed E-state index contributed by atoms with van der Waals surface area (Å²) in [5.74, 6) is 1.57. The highest BCUT2D eigenvalue weighted by atomic mass is 32.2. The van der Waals surface area contributed by atoms with Crippen molar-refractivity contribution < 1.29 is 22.6 Å². The molecular weight excluding hydrogens is 440 g/mol. The van der Waals surface area contributed by atoms with Crippen LogP contribution >= 0.6 is 0 Å². The van der Waals surface area contributed by atoms with Gasteiger partial charge in [0.15, 0.2) is 11.5 Å². The maximum absolute atomic E-state index is 13.6. The minimum atomic E-state index is -3.88. The van der Waals surface area contributed by atoms with E-state index in [9.17, 15) is 8.42 Å². The molecule has 0 bridgehead atoms. The predicted molar refractivity (Wildman–Crippen MR) is 127 cm³/mol. The third-order valence-corrected chi connectivity index (χ3v) is 7.09. The summed E-state index contributed by atoms with van der Waals surface area (Å²) in [6, 6.07) is 19.5. The van der Waals surface area contributed by atoms with Crippen LogP contribution in [0.4, 0.5) is 5.69 Å². The van der Waals surface area contributed by atoms with Gasteiger partial charge in [-0.25, -0.2) is 8.42 Å².